The Morgan fingerprint density at radius 1 is 0.889 bits per heavy atom. The summed E-state index contributed by atoms with van der Waals surface area (Å²) < 4.78 is 44.1. The first-order valence-corrected chi connectivity index (χ1v) is 12.1. The summed E-state index contributed by atoms with van der Waals surface area (Å²) >= 11 is 0. The van der Waals surface area contributed by atoms with Gasteiger partial charge in [0.15, 0.2) is 11.5 Å². The minimum atomic E-state index is -4.07. The van der Waals surface area contributed by atoms with Gasteiger partial charge in [0.1, 0.15) is 11.4 Å². The van der Waals surface area contributed by atoms with Gasteiger partial charge in [-0.25, -0.2) is 8.42 Å². The first-order chi connectivity index (χ1) is 17.1. The van der Waals surface area contributed by atoms with Crippen LogP contribution in [0, 0.1) is 24.0 Å². The van der Waals surface area contributed by atoms with Crippen molar-refractivity contribution in [2.24, 2.45) is 5.10 Å². The molecule has 0 unspecified atom stereocenters. The van der Waals surface area contributed by atoms with Gasteiger partial charge in [0, 0.05) is 17.7 Å². The number of nitro groups is 1. The van der Waals surface area contributed by atoms with E-state index in [1.165, 1.54) is 39.7 Å². The van der Waals surface area contributed by atoms with Gasteiger partial charge in [-0.05, 0) is 43.7 Å². The number of hydrogen-bond acceptors (Lipinski definition) is 9. The first kappa shape index (κ1) is 26.3. The molecule has 0 spiro atoms. The van der Waals surface area contributed by atoms with Gasteiger partial charge in [0.25, 0.3) is 15.7 Å². The van der Waals surface area contributed by atoms with E-state index in [4.69, 9.17) is 14.2 Å². The highest BCUT2D eigenvalue weighted by Gasteiger charge is 2.22. The zero-order chi connectivity index (χ0) is 26.5. The number of anilines is 2. The fraction of sp³-hybridized carbons (Fsp3) is 0.208. The number of methoxy groups -OCH3 is 3. The molecule has 0 fully saturated rings. The van der Waals surface area contributed by atoms with Crippen molar-refractivity contribution in [2.45, 2.75) is 18.7 Å². The number of hydrazone groups is 1. The molecule has 0 saturated heterocycles. The predicted octanol–water partition coefficient (Wildman–Crippen LogP) is 4.48. The summed E-state index contributed by atoms with van der Waals surface area (Å²) in [5.74, 6) is 1.34. The summed E-state index contributed by atoms with van der Waals surface area (Å²) in [4.78, 5) is 10.7. The lowest BCUT2D eigenvalue weighted by atomic mass is 10.1. The second-order valence-electron chi connectivity index (χ2n) is 7.68. The maximum Gasteiger partial charge on any atom is 0.295 e. The summed E-state index contributed by atoms with van der Waals surface area (Å²) in [6.07, 6.45) is 1.39. The van der Waals surface area contributed by atoms with Crippen molar-refractivity contribution in [3.8, 4) is 17.2 Å². The Bertz CT molecular complexity index is 1420. The summed E-state index contributed by atoms with van der Waals surface area (Å²) in [5, 5.41) is 15.7. The molecule has 2 N–H and O–H groups in total. The van der Waals surface area contributed by atoms with Crippen LogP contribution in [0.2, 0.25) is 0 Å². The van der Waals surface area contributed by atoms with Gasteiger partial charge in [-0.3, -0.25) is 20.3 Å². The van der Waals surface area contributed by atoms with Crippen LogP contribution >= 0.6 is 0 Å². The van der Waals surface area contributed by atoms with Gasteiger partial charge in [0.2, 0.25) is 0 Å². The van der Waals surface area contributed by atoms with Crippen LogP contribution in [0.4, 0.5) is 17.1 Å². The van der Waals surface area contributed by atoms with E-state index in [1.807, 2.05) is 13.0 Å². The maximum atomic E-state index is 12.9. The standard InChI is InChI=1S/C24H26N4O7S/c1-15-6-8-19(16(2)10-15)27-36(31,32)18-7-9-20(21(12-18)28(29)30)26-25-14-17-11-23(34-4)24(35-5)13-22(17)33-3/h6-14,26-27H,1-5H3. The van der Waals surface area contributed by atoms with Gasteiger partial charge in [-0.15, -0.1) is 0 Å². The van der Waals surface area contributed by atoms with Crippen LogP contribution in [0.25, 0.3) is 0 Å². The number of nitro benzene ring substituents is 1. The topological polar surface area (TPSA) is 141 Å². The third-order valence-electron chi connectivity index (χ3n) is 5.23. The first-order valence-electron chi connectivity index (χ1n) is 10.6. The summed E-state index contributed by atoms with van der Waals surface area (Å²) in [6, 6.07) is 12.0. The smallest absolute Gasteiger partial charge is 0.295 e. The lowest BCUT2D eigenvalue weighted by molar-refractivity contribution is -0.384. The molecule has 0 aliphatic rings. The Hall–Kier alpha value is -4.32. The van der Waals surface area contributed by atoms with E-state index in [0.29, 0.717) is 28.5 Å². The third kappa shape index (κ3) is 5.84. The molecule has 0 atom stereocenters. The Morgan fingerprint density at radius 2 is 1.53 bits per heavy atom. The Kier molecular flexibility index (Phi) is 8.00. The molecular formula is C24H26N4O7S. The van der Waals surface area contributed by atoms with E-state index >= 15 is 0 Å². The second kappa shape index (κ2) is 11.0. The van der Waals surface area contributed by atoms with Crippen LogP contribution in [0.1, 0.15) is 16.7 Å². The molecule has 3 aromatic carbocycles. The van der Waals surface area contributed by atoms with Gasteiger partial charge in [-0.1, -0.05) is 17.7 Å². The highest BCUT2D eigenvalue weighted by atomic mass is 32.2. The van der Waals surface area contributed by atoms with Crippen molar-refractivity contribution in [3.63, 3.8) is 0 Å². The lowest BCUT2D eigenvalue weighted by Crippen LogP contribution is -2.14. The number of nitrogens with one attached hydrogen (secondary N) is 2. The van der Waals surface area contributed by atoms with Gasteiger partial charge >= 0.3 is 0 Å². The van der Waals surface area contributed by atoms with Crippen LogP contribution in [-0.2, 0) is 10.0 Å². The monoisotopic (exact) mass is 514 g/mol. The molecule has 36 heavy (non-hydrogen) atoms. The van der Waals surface area contributed by atoms with Crippen molar-refractivity contribution in [1.29, 1.82) is 0 Å². The van der Waals surface area contributed by atoms with Crippen molar-refractivity contribution >= 4 is 33.3 Å². The van der Waals surface area contributed by atoms with E-state index in [-0.39, 0.29) is 10.6 Å². The molecule has 0 amide bonds. The van der Waals surface area contributed by atoms with E-state index in [1.54, 1.807) is 31.2 Å². The average Bonchev–Trinajstić information content (AvgIpc) is 2.85. The van der Waals surface area contributed by atoms with Crippen LogP contribution in [0.15, 0.2) is 58.5 Å². The van der Waals surface area contributed by atoms with E-state index in [9.17, 15) is 18.5 Å². The molecule has 0 heterocycles. The quantitative estimate of drug-likeness (QED) is 0.229. The van der Waals surface area contributed by atoms with Gasteiger partial charge in [-0.2, -0.15) is 5.10 Å². The Morgan fingerprint density at radius 3 is 2.14 bits per heavy atom. The zero-order valence-corrected chi connectivity index (χ0v) is 21.2. The number of rotatable bonds is 10. The number of nitrogens with zero attached hydrogens (tertiary/aromatic N) is 2. The maximum absolute atomic E-state index is 12.9. The number of benzene rings is 3. The molecule has 0 aromatic heterocycles. The largest absolute Gasteiger partial charge is 0.496 e. The average molecular weight is 515 g/mol. The minimum absolute atomic E-state index is 0.00107. The van der Waals surface area contributed by atoms with Crippen molar-refractivity contribution < 1.29 is 27.6 Å². The molecule has 190 valence electrons. The molecule has 0 aliphatic heterocycles. The summed E-state index contributed by atoms with van der Waals surface area (Å²) in [6.45, 7) is 3.66. The molecule has 0 aliphatic carbocycles. The number of aryl methyl sites for hydroxylation is 2. The normalized spacial score (nSPS) is 11.2. The minimum Gasteiger partial charge on any atom is -0.496 e. The third-order valence-corrected chi connectivity index (χ3v) is 6.59. The van der Waals surface area contributed by atoms with Crippen LogP contribution in [0.3, 0.4) is 0 Å². The molecule has 3 aromatic rings. The lowest BCUT2D eigenvalue weighted by Gasteiger charge is -2.12. The van der Waals surface area contributed by atoms with Crippen LogP contribution in [-0.4, -0.2) is 40.9 Å². The predicted molar refractivity (Wildman–Crippen MR) is 137 cm³/mol. The van der Waals surface area contributed by atoms with Gasteiger partial charge < -0.3 is 14.2 Å². The van der Waals surface area contributed by atoms with Crippen LogP contribution < -0.4 is 24.4 Å². The molecule has 3 rings (SSSR count). The molecule has 0 radical (unpaired) electrons. The zero-order valence-electron chi connectivity index (χ0n) is 20.4. The van der Waals surface area contributed by atoms with Crippen molar-refractivity contribution in [2.75, 3.05) is 31.5 Å². The van der Waals surface area contributed by atoms with Crippen molar-refractivity contribution in [3.05, 3.63) is 75.3 Å². The fourth-order valence-corrected chi connectivity index (χ4v) is 4.53. The molecule has 12 heteroatoms. The Labute approximate surface area is 208 Å². The fourth-order valence-electron chi connectivity index (χ4n) is 3.38. The number of sulfonamides is 1. The van der Waals surface area contributed by atoms with Gasteiger partial charge in [0.05, 0.1) is 43.1 Å². The number of ether oxygens (including phenoxy) is 3. The van der Waals surface area contributed by atoms with E-state index in [2.05, 4.69) is 15.2 Å². The van der Waals surface area contributed by atoms with E-state index < -0.39 is 20.6 Å². The van der Waals surface area contributed by atoms with Crippen LogP contribution in [0.5, 0.6) is 17.2 Å². The molecule has 0 bridgehead atoms. The molecule has 11 nitrogen and oxygen atoms in total. The van der Waals surface area contributed by atoms with E-state index in [0.717, 1.165) is 17.2 Å². The highest BCUT2D eigenvalue weighted by molar-refractivity contribution is 7.92. The Balaban J connectivity index is 1.88. The van der Waals surface area contributed by atoms with Crippen molar-refractivity contribution in [1.82, 2.24) is 0 Å². The second-order valence-corrected chi connectivity index (χ2v) is 9.36. The SMILES string of the molecule is COc1cc(OC)c(OC)cc1C=NNc1ccc(S(=O)(=O)Nc2ccc(C)cc2C)cc1[N+](=O)[O-]. The number of hydrogen-bond donors (Lipinski definition) is 2. The molecular weight excluding hydrogens is 488 g/mol. The summed E-state index contributed by atoms with van der Waals surface area (Å²) in [5.41, 5.74) is 4.74. The highest BCUT2D eigenvalue weighted by Crippen LogP contribution is 2.34. The summed E-state index contributed by atoms with van der Waals surface area (Å²) in [7, 11) is 0.380. The molecule has 0 saturated carbocycles.